The third-order valence-electron chi connectivity index (χ3n) is 1.66. The van der Waals surface area contributed by atoms with Gasteiger partial charge in [-0.25, -0.2) is 10.8 Å². The van der Waals surface area contributed by atoms with Crippen molar-refractivity contribution in [3.8, 4) is 0 Å². The molecular weight excluding hydrogens is 184 g/mol. The van der Waals surface area contributed by atoms with Gasteiger partial charge in [0.05, 0.1) is 18.8 Å². The van der Waals surface area contributed by atoms with Crippen LogP contribution in [0, 0.1) is 6.92 Å². The van der Waals surface area contributed by atoms with E-state index >= 15 is 0 Å². The molecule has 0 unspecified atom stereocenters. The largest absolute Gasteiger partial charge is 0.440 e. The summed E-state index contributed by atoms with van der Waals surface area (Å²) in [6.07, 6.45) is 1.36. The highest BCUT2D eigenvalue weighted by Gasteiger charge is 2.09. The predicted molar refractivity (Wildman–Crippen MR) is 51.8 cm³/mol. The highest BCUT2D eigenvalue weighted by Crippen LogP contribution is 2.04. The fourth-order valence-electron chi connectivity index (χ4n) is 0.961. The summed E-state index contributed by atoms with van der Waals surface area (Å²) in [6.45, 7) is 2.89. The van der Waals surface area contributed by atoms with Gasteiger partial charge in [-0.15, -0.1) is 0 Å². The molecule has 0 aliphatic heterocycles. The van der Waals surface area contributed by atoms with Crippen LogP contribution < -0.4 is 11.3 Å². The number of rotatable bonds is 4. The van der Waals surface area contributed by atoms with Crippen LogP contribution >= 0.6 is 0 Å². The smallest absolute Gasteiger partial charge is 0.193 e. The van der Waals surface area contributed by atoms with Crippen molar-refractivity contribution in [2.45, 2.75) is 6.92 Å². The van der Waals surface area contributed by atoms with Gasteiger partial charge in [0, 0.05) is 7.11 Å². The van der Waals surface area contributed by atoms with Gasteiger partial charge in [0.15, 0.2) is 18.0 Å². The van der Waals surface area contributed by atoms with Crippen LogP contribution in [-0.4, -0.2) is 31.1 Å². The number of hydrogen-bond acceptors (Lipinski definition) is 5. The van der Waals surface area contributed by atoms with Crippen molar-refractivity contribution in [3.05, 3.63) is 17.8 Å². The van der Waals surface area contributed by atoms with Crippen molar-refractivity contribution < 1.29 is 9.15 Å². The number of methoxy groups -OCH3 is 1. The third-order valence-corrected chi connectivity index (χ3v) is 1.66. The number of nitrogens with two attached hydrogens (primary N) is 1. The zero-order chi connectivity index (χ0) is 10.4. The zero-order valence-corrected chi connectivity index (χ0v) is 8.28. The maximum Gasteiger partial charge on any atom is 0.193 e. The highest BCUT2D eigenvalue weighted by molar-refractivity contribution is 5.96. The molecule has 0 radical (unpaired) electrons. The summed E-state index contributed by atoms with van der Waals surface area (Å²) in [5.41, 5.74) is 3.21. The molecular formula is C8H14N4O2. The van der Waals surface area contributed by atoms with E-state index in [1.807, 2.05) is 6.92 Å². The fourth-order valence-corrected chi connectivity index (χ4v) is 0.961. The molecule has 0 aromatic carbocycles. The van der Waals surface area contributed by atoms with Gasteiger partial charge in [0.2, 0.25) is 0 Å². The zero-order valence-electron chi connectivity index (χ0n) is 8.28. The van der Waals surface area contributed by atoms with Crippen molar-refractivity contribution in [1.82, 2.24) is 10.4 Å². The van der Waals surface area contributed by atoms with E-state index in [2.05, 4.69) is 15.4 Å². The van der Waals surface area contributed by atoms with E-state index in [-0.39, 0.29) is 0 Å². The van der Waals surface area contributed by atoms with E-state index in [1.54, 1.807) is 7.11 Å². The van der Waals surface area contributed by atoms with Crippen molar-refractivity contribution >= 4 is 5.84 Å². The number of nitrogens with zero attached hydrogens (tertiary/aromatic N) is 2. The average Bonchev–Trinajstić information content (AvgIpc) is 2.60. The minimum atomic E-state index is 0.483. The Hall–Kier alpha value is -1.40. The van der Waals surface area contributed by atoms with Crippen LogP contribution in [0.2, 0.25) is 0 Å². The number of aryl methyl sites for hydroxylation is 1. The summed E-state index contributed by atoms with van der Waals surface area (Å²) in [5, 5.41) is 0. The lowest BCUT2D eigenvalue weighted by Crippen LogP contribution is -2.31. The van der Waals surface area contributed by atoms with Gasteiger partial charge in [0.1, 0.15) is 0 Å². The number of oxazole rings is 1. The van der Waals surface area contributed by atoms with Crippen molar-refractivity contribution in [3.63, 3.8) is 0 Å². The lowest BCUT2D eigenvalue weighted by Gasteiger charge is -2.02. The van der Waals surface area contributed by atoms with E-state index < -0.39 is 0 Å². The van der Waals surface area contributed by atoms with Crippen LogP contribution in [0.3, 0.4) is 0 Å². The molecule has 6 heteroatoms. The standard InChI is InChI=1S/C8H14N4O2/c1-6-7(14-5-11-6)8(12-9)10-3-4-13-2/h5H,3-4,9H2,1-2H3,(H,10,12). The molecule has 0 aliphatic carbocycles. The number of aromatic nitrogens is 1. The van der Waals surface area contributed by atoms with Crippen molar-refractivity contribution in [2.24, 2.45) is 10.8 Å². The minimum Gasteiger partial charge on any atom is -0.440 e. The Morgan fingerprint density at radius 1 is 1.79 bits per heavy atom. The minimum absolute atomic E-state index is 0.483. The normalized spacial score (nSPS) is 11.8. The number of amidine groups is 1. The Morgan fingerprint density at radius 2 is 2.57 bits per heavy atom. The van der Waals surface area contributed by atoms with Gasteiger partial charge in [-0.05, 0) is 6.92 Å². The Balaban J connectivity index is 2.71. The number of aliphatic imine (C=N–C) groups is 1. The van der Waals surface area contributed by atoms with Crippen molar-refractivity contribution in [2.75, 3.05) is 20.3 Å². The van der Waals surface area contributed by atoms with Crippen molar-refractivity contribution in [1.29, 1.82) is 0 Å². The second kappa shape index (κ2) is 5.36. The first kappa shape index (κ1) is 10.7. The monoisotopic (exact) mass is 198 g/mol. The lowest BCUT2D eigenvalue weighted by molar-refractivity contribution is 0.208. The maximum atomic E-state index is 5.31. The van der Waals surface area contributed by atoms with E-state index in [0.29, 0.717) is 24.7 Å². The van der Waals surface area contributed by atoms with Crippen LogP contribution in [-0.2, 0) is 4.74 Å². The summed E-state index contributed by atoms with van der Waals surface area (Å²) in [6, 6.07) is 0. The molecule has 1 heterocycles. The topological polar surface area (TPSA) is 85.7 Å². The number of nitrogens with one attached hydrogen (secondary N) is 1. The van der Waals surface area contributed by atoms with Crippen LogP contribution in [0.25, 0.3) is 0 Å². The molecule has 0 atom stereocenters. The van der Waals surface area contributed by atoms with Crippen LogP contribution in [0.1, 0.15) is 11.5 Å². The molecule has 1 aromatic heterocycles. The molecule has 0 fully saturated rings. The molecule has 0 spiro atoms. The maximum absolute atomic E-state index is 5.31. The fraction of sp³-hybridized carbons (Fsp3) is 0.500. The molecule has 0 bridgehead atoms. The number of hydrazine groups is 1. The summed E-state index contributed by atoms with van der Waals surface area (Å²) in [4.78, 5) is 8.10. The molecule has 1 aromatic rings. The Morgan fingerprint density at radius 3 is 3.07 bits per heavy atom. The lowest BCUT2D eigenvalue weighted by atomic mass is 10.3. The Bertz CT molecular complexity index is 308. The highest BCUT2D eigenvalue weighted by atomic mass is 16.5. The van der Waals surface area contributed by atoms with Crippen LogP contribution in [0.4, 0.5) is 0 Å². The molecule has 3 N–H and O–H groups in total. The van der Waals surface area contributed by atoms with Gasteiger partial charge in [-0.2, -0.15) is 0 Å². The molecule has 0 aliphatic rings. The van der Waals surface area contributed by atoms with E-state index in [0.717, 1.165) is 5.69 Å². The molecule has 78 valence electrons. The molecule has 0 saturated carbocycles. The molecule has 0 saturated heterocycles. The summed E-state index contributed by atoms with van der Waals surface area (Å²) >= 11 is 0. The van der Waals surface area contributed by atoms with Gasteiger partial charge in [-0.3, -0.25) is 4.99 Å². The predicted octanol–water partition coefficient (Wildman–Crippen LogP) is -0.161. The first-order valence-corrected chi connectivity index (χ1v) is 4.20. The van der Waals surface area contributed by atoms with E-state index in [4.69, 9.17) is 15.0 Å². The summed E-state index contributed by atoms with van der Waals surface area (Å²) < 4.78 is 9.99. The van der Waals surface area contributed by atoms with Gasteiger partial charge >= 0.3 is 0 Å². The Kier molecular flexibility index (Phi) is 4.09. The first-order chi connectivity index (χ1) is 6.79. The quantitative estimate of drug-likeness (QED) is 0.231. The second-order valence-corrected chi connectivity index (χ2v) is 2.63. The van der Waals surface area contributed by atoms with Crippen LogP contribution in [0.15, 0.2) is 15.8 Å². The third kappa shape index (κ3) is 2.54. The molecule has 6 nitrogen and oxygen atoms in total. The summed E-state index contributed by atoms with van der Waals surface area (Å²) in [5.74, 6) is 6.35. The van der Waals surface area contributed by atoms with Gasteiger partial charge < -0.3 is 14.6 Å². The first-order valence-electron chi connectivity index (χ1n) is 4.20. The number of ether oxygens (including phenoxy) is 1. The SMILES string of the molecule is COCCN=C(NN)c1ocnc1C. The average molecular weight is 198 g/mol. The van der Waals surface area contributed by atoms with Crippen LogP contribution in [0.5, 0.6) is 0 Å². The molecule has 1 rings (SSSR count). The van der Waals surface area contributed by atoms with Gasteiger partial charge in [0.25, 0.3) is 0 Å². The Labute approximate surface area is 82.1 Å². The number of hydrogen-bond donors (Lipinski definition) is 2. The van der Waals surface area contributed by atoms with Gasteiger partial charge in [-0.1, -0.05) is 0 Å². The molecule has 14 heavy (non-hydrogen) atoms. The van der Waals surface area contributed by atoms with E-state index in [9.17, 15) is 0 Å². The van der Waals surface area contributed by atoms with E-state index in [1.165, 1.54) is 6.39 Å². The molecule has 0 amide bonds. The second-order valence-electron chi connectivity index (χ2n) is 2.63. The summed E-state index contributed by atoms with van der Waals surface area (Å²) in [7, 11) is 1.62.